The van der Waals surface area contributed by atoms with E-state index in [9.17, 15) is 25.9 Å². The van der Waals surface area contributed by atoms with Crippen molar-refractivity contribution in [1.29, 1.82) is 5.41 Å². The molecule has 4 rings (SSSR count). The van der Waals surface area contributed by atoms with E-state index in [-0.39, 0.29) is 5.56 Å². The lowest BCUT2D eigenvalue weighted by Gasteiger charge is -2.25. The van der Waals surface area contributed by atoms with E-state index in [1.54, 1.807) is 0 Å². The Labute approximate surface area is 247 Å². The van der Waals surface area contributed by atoms with Crippen molar-refractivity contribution in [2.45, 2.75) is 32.6 Å². The molecule has 1 aliphatic carbocycles. The van der Waals surface area contributed by atoms with Crippen LogP contribution in [0.1, 0.15) is 49.9 Å². The lowest BCUT2D eigenvalue weighted by atomic mass is 9.83. The van der Waals surface area contributed by atoms with Crippen molar-refractivity contribution in [3.63, 3.8) is 0 Å². The molecule has 0 radical (unpaired) electrons. The molecular formula is C31H35N3O6S2. The Balaban J connectivity index is 2.08. The summed E-state index contributed by atoms with van der Waals surface area (Å²) in [6.07, 6.45) is 1.25. The molecule has 0 amide bonds. The third-order valence-corrected chi connectivity index (χ3v) is 9.21. The average molecular weight is 610 g/mol. The zero-order valence-corrected chi connectivity index (χ0v) is 25.6. The van der Waals surface area contributed by atoms with Crippen LogP contribution in [-0.4, -0.2) is 57.8 Å². The molecular weight excluding hydrogens is 574 g/mol. The summed E-state index contributed by atoms with van der Waals surface area (Å²) in [6.45, 7) is 11.6. The predicted molar refractivity (Wildman–Crippen MR) is 169 cm³/mol. The fourth-order valence-corrected chi connectivity index (χ4v) is 6.42. The molecule has 0 aliphatic heterocycles. The fraction of sp³-hybridized carbons (Fsp3) is 0.258. The Kier molecular flexibility index (Phi) is 9.07. The van der Waals surface area contributed by atoms with Crippen molar-refractivity contribution in [2.75, 3.05) is 36.0 Å². The van der Waals surface area contributed by atoms with E-state index in [0.717, 1.165) is 54.7 Å². The lowest BCUT2D eigenvalue weighted by Crippen LogP contribution is -2.21. The molecule has 0 atom stereocenters. The maximum atomic E-state index is 12.4. The highest BCUT2D eigenvalue weighted by molar-refractivity contribution is 7.91. The third-order valence-electron chi connectivity index (χ3n) is 7.49. The first-order valence-corrected chi connectivity index (χ1v) is 16.6. The van der Waals surface area contributed by atoms with Crippen LogP contribution in [0.3, 0.4) is 0 Å². The molecule has 3 aromatic rings. The Morgan fingerprint density at radius 1 is 0.667 bits per heavy atom. The standard InChI is InChI=1S/C31H35N3O6S2/c1-5-33(6-2)23-13-9-21(10-14-23)30(22-11-15-24(16-12-22)34(7-3)8-4)27-20-29(42(38,39)40)31(32)28-19-25(41(35,36)37)17-18-26(27)28/h9-20,32H,5-8H2,1-4H3,(H,35,36,37)(H,38,39,40). The number of hydrogen-bond acceptors (Lipinski definition) is 7. The lowest BCUT2D eigenvalue weighted by molar-refractivity contribution is 0.483. The summed E-state index contributed by atoms with van der Waals surface area (Å²) in [4.78, 5) is 3.23. The van der Waals surface area contributed by atoms with Crippen molar-refractivity contribution in [2.24, 2.45) is 0 Å². The highest BCUT2D eigenvalue weighted by atomic mass is 32.2. The number of anilines is 2. The second-order valence-electron chi connectivity index (χ2n) is 9.77. The summed E-state index contributed by atoms with van der Waals surface area (Å²) in [7, 11) is -9.51. The van der Waals surface area contributed by atoms with Crippen LogP contribution in [0.5, 0.6) is 0 Å². The van der Waals surface area contributed by atoms with E-state index >= 15 is 0 Å². The molecule has 0 fully saturated rings. The van der Waals surface area contributed by atoms with Gasteiger partial charge in [-0.25, -0.2) is 0 Å². The minimum absolute atomic E-state index is 0.0488. The highest BCUT2D eigenvalue weighted by Crippen LogP contribution is 2.41. The Morgan fingerprint density at radius 3 is 1.50 bits per heavy atom. The van der Waals surface area contributed by atoms with E-state index in [0.29, 0.717) is 16.7 Å². The Bertz CT molecular complexity index is 1710. The molecule has 0 unspecified atom stereocenters. The minimum Gasteiger partial charge on any atom is -0.372 e. The summed E-state index contributed by atoms with van der Waals surface area (Å²) < 4.78 is 68.5. The number of benzene rings is 3. The van der Waals surface area contributed by atoms with Gasteiger partial charge in [0.1, 0.15) is 4.91 Å². The SMILES string of the molecule is CCN(CC)c1ccc(C(=C2C=C(S(=O)(=O)O)C(=N)c3cc(S(=O)(=O)O)ccc32)c2ccc(N(CC)CC)cc2)cc1. The molecule has 0 aromatic heterocycles. The predicted octanol–water partition coefficient (Wildman–Crippen LogP) is 5.74. The minimum atomic E-state index is -4.87. The van der Waals surface area contributed by atoms with E-state index in [4.69, 9.17) is 5.41 Å². The van der Waals surface area contributed by atoms with Crippen molar-refractivity contribution < 1.29 is 25.9 Å². The molecule has 42 heavy (non-hydrogen) atoms. The van der Waals surface area contributed by atoms with Crippen LogP contribution < -0.4 is 9.80 Å². The molecule has 0 saturated heterocycles. The third kappa shape index (κ3) is 6.19. The molecule has 0 heterocycles. The first kappa shape index (κ1) is 31.2. The highest BCUT2D eigenvalue weighted by Gasteiger charge is 2.31. The maximum Gasteiger partial charge on any atom is 0.296 e. The molecule has 0 bridgehead atoms. The van der Waals surface area contributed by atoms with Crippen LogP contribution in [0.25, 0.3) is 11.1 Å². The van der Waals surface area contributed by atoms with Gasteiger partial charge in [-0.2, -0.15) is 16.8 Å². The van der Waals surface area contributed by atoms with E-state index < -0.39 is 35.7 Å². The molecule has 11 heteroatoms. The van der Waals surface area contributed by atoms with E-state index in [1.165, 1.54) is 18.2 Å². The second kappa shape index (κ2) is 12.2. The summed E-state index contributed by atoms with van der Waals surface area (Å²) in [6, 6.07) is 19.3. The van der Waals surface area contributed by atoms with Gasteiger partial charge < -0.3 is 9.80 Å². The van der Waals surface area contributed by atoms with E-state index in [2.05, 4.69) is 37.5 Å². The fourth-order valence-electron chi connectivity index (χ4n) is 5.28. The van der Waals surface area contributed by atoms with Crippen LogP contribution in [-0.2, 0) is 20.2 Å². The smallest absolute Gasteiger partial charge is 0.296 e. The van der Waals surface area contributed by atoms with Gasteiger partial charge in [-0.1, -0.05) is 30.3 Å². The average Bonchev–Trinajstić information content (AvgIpc) is 2.96. The molecule has 1 aliphatic rings. The summed E-state index contributed by atoms with van der Waals surface area (Å²) >= 11 is 0. The summed E-state index contributed by atoms with van der Waals surface area (Å²) in [5.74, 6) is 0. The van der Waals surface area contributed by atoms with Crippen molar-refractivity contribution in [3.05, 3.63) is 100.0 Å². The number of nitrogens with one attached hydrogen (secondary N) is 1. The molecule has 0 spiro atoms. The van der Waals surface area contributed by atoms with Gasteiger partial charge in [0.05, 0.1) is 10.6 Å². The van der Waals surface area contributed by atoms with Gasteiger partial charge in [0, 0.05) is 43.1 Å². The number of hydrogen-bond donors (Lipinski definition) is 3. The number of rotatable bonds is 10. The normalized spacial score (nSPS) is 13.4. The molecule has 3 N–H and O–H groups in total. The van der Waals surface area contributed by atoms with Crippen LogP contribution in [0.2, 0.25) is 0 Å². The Morgan fingerprint density at radius 2 is 1.12 bits per heavy atom. The van der Waals surface area contributed by atoms with Gasteiger partial charge in [-0.15, -0.1) is 0 Å². The van der Waals surface area contributed by atoms with E-state index in [1.807, 2.05) is 48.5 Å². The van der Waals surface area contributed by atoms with Gasteiger partial charge in [0.2, 0.25) is 0 Å². The molecule has 222 valence electrons. The molecule has 3 aromatic carbocycles. The summed E-state index contributed by atoms with van der Waals surface area (Å²) in [5.41, 5.74) is 4.30. The Hall–Kier alpha value is -3.77. The second-order valence-corrected chi connectivity index (χ2v) is 12.6. The van der Waals surface area contributed by atoms with Crippen molar-refractivity contribution in [3.8, 4) is 0 Å². The van der Waals surface area contributed by atoms with Gasteiger partial charge >= 0.3 is 0 Å². The maximum absolute atomic E-state index is 12.4. The zero-order valence-electron chi connectivity index (χ0n) is 24.0. The van der Waals surface area contributed by atoms with Crippen molar-refractivity contribution in [1.82, 2.24) is 0 Å². The zero-order chi connectivity index (χ0) is 30.8. The number of fused-ring (bicyclic) bond motifs is 1. The number of allylic oxidation sites excluding steroid dienone is 3. The van der Waals surface area contributed by atoms with Crippen LogP contribution in [0.15, 0.2) is 82.6 Å². The van der Waals surface area contributed by atoms with Crippen LogP contribution in [0, 0.1) is 5.41 Å². The molecule has 9 nitrogen and oxygen atoms in total. The first-order valence-electron chi connectivity index (χ1n) is 13.7. The first-order chi connectivity index (χ1) is 19.8. The van der Waals surface area contributed by atoms with Gasteiger partial charge in [-0.3, -0.25) is 14.5 Å². The van der Waals surface area contributed by atoms with Crippen molar-refractivity contribution >= 4 is 48.5 Å². The van der Waals surface area contributed by atoms with Gasteiger partial charge in [0.25, 0.3) is 20.2 Å². The van der Waals surface area contributed by atoms with Gasteiger partial charge in [0.15, 0.2) is 0 Å². The monoisotopic (exact) mass is 609 g/mol. The number of nitrogens with zero attached hydrogens (tertiary/aromatic N) is 2. The topological polar surface area (TPSA) is 139 Å². The van der Waals surface area contributed by atoms with Gasteiger partial charge in [-0.05, 0) is 98.0 Å². The van der Waals surface area contributed by atoms with Crippen LogP contribution in [0.4, 0.5) is 11.4 Å². The largest absolute Gasteiger partial charge is 0.372 e. The quantitative estimate of drug-likeness (QED) is 0.248. The molecule has 0 saturated carbocycles. The summed E-state index contributed by atoms with van der Waals surface area (Å²) in [5, 5.41) is 8.54. The van der Waals surface area contributed by atoms with Crippen LogP contribution >= 0.6 is 0 Å².